The van der Waals surface area contributed by atoms with E-state index in [-0.39, 0.29) is 11.9 Å². The van der Waals surface area contributed by atoms with Gasteiger partial charge in [-0.25, -0.2) is 8.78 Å². The van der Waals surface area contributed by atoms with Crippen molar-refractivity contribution in [3.05, 3.63) is 35.4 Å². The van der Waals surface area contributed by atoms with Crippen LogP contribution in [0, 0.1) is 11.6 Å². The molecule has 90 valence electrons. The number of rotatable bonds is 4. The molecule has 0 fully saturated rings. The highest BCUT2D eigenvalue weighted by Gasteiger charge is 2.13. The second-order valence-corrected chi connectivity index (χ2v) is 3.30. The van der Waals surface area contributed by atoms with E-state index in [4.69, 9.17) is 4.21 Å². The van der Waals surface area contributed by atoms with Gasteiger partial charge in [-0.1, -0.05) is 13.3 Å². The minimum atomic E-state index is -0.391. The molecule has 0 aliphatic carbocycles. The first-order valence-electron chi connectivity index (χ1n) is 4.98. The molecule has 1 aromatic rings. The van der Waals surface area contributed by atoms with Crippen molar-refractivity contribution in [2.45, 2.75) is 25.8 Å². The number of hydrogen-bond acceptors (Lipinski definition) is 3. The fraction of sp³-hybridized carbons (Fsp3) is 0.455. The zero-order valence-corrected chi connectivity index (χ0v) is 10.1. The predicted octanol–water partition coefficient (Wildman–Crippen LogP) is 2.69. The Morgan fingerprint density at radius 2 is 2.00 bits per heavy atom. The van der Waals surface area contributed by atoms with Crippen LogP contribution in [0.4, 0.5) is 8.78 Å². The van der Waals surface area contributed by atoms with E-state index in [1.807, 2.05) is 6.92 Å². The molecule has 5 heteroatoms. The molecule has 0 unspecified atom stereocenters. The average molecular weight is 247 g/mol. The van der Waals surface area contributed by atoms with Gasteiger partial charge in [0.05, 0.1) is 0 Å². The van der Waals surface area contributed by atoms with Gasteiger partial charge in [-0.3, -0.25) is 0 Å². The van der Waals surface area contributed by atoms with Gasteiger partial charge in [0.15, 0.2) is 12.5 Å². The van der Waals surface area contributed by atoms with Gasteiger partial charge in [-0.05, 0) is 31.7 Å². The van der Waals surface area contributed by atoms with Crippen LogP contribution >= 0.6 is 0 Å². The molecule has 1 rings (SSSR count). The van der Waals surface area contributed by atoms with Crippen molar-refractivity contribution in [2.24, 2.45) is 0 Å². The molecule has 0 saturated carbocycles. The Balaban J connectivity index is 0.00000106. The van der Waals surface area contributed by atoms with Crippen molar-refractivity contribution < 1.29 is 13.0 Å². The topological polar surface area (TPSA) is 29.1 Å². The summed E-state index contributed by atoms with van der Waals surface area (Å²) in [4.78, 5) is 0. The SMILES string of the molecule is CCC[C@@H](NC)c1cc(F)ccc1F.O=S. The molecule has 16 heavy (non-hydrogen) atoms. The van der Waals surface area contributed by atoms with Crippen LogP contribution in [0.25, 0.3) is 0 Å². The molecule has 0 radical (unpaired) electrons. The summed E-state index contributed by atoms with van der Waals surface area (Å²) < 4.78 is 34.0. The van der Waals surface area contributed by atoms with Crippen molar-refractivity contribution in [1.82, 2.24) is 5.32 Å². The summed E-state index contributed by atoms with van der Waals surface area (Å²) >= 11 is 2.83. The van der Waals surface area contributed by atoms with Crippen LogP contribution in [-0.4, -0.2) is 11.3 Å². The van der Waals surface area contributed by atoms with Gasteiger partial charge in [0.2, 0.25) is 0 Å². The lowest BCUT2D eigenvalue weighted by Crippen LogP contribution is -2.17. The Morgan fingerprint density at radius 3 is 2.50 bits per heavy atom. The summed E-state index contributed by atoms with van der Waals surface area (Å²) in [5, 5.41) is 2.98. The lowest BCUT2D eigenvalue weighted by molar-refractivity contribution is 0.496. The summed E-state index contributed by atoms with van der Waals surface area (Å²) in [5.74, 6) is -0.739. The van der Waals surface area contributed by atoms with Crippen LogP contribution in [0.5, 0.6) is 0 Å². The maximum atomic E-state index is 13.3. The Morgan fingerprint density at radius 1 is 1.38 bits per heavy atom. The van der Waals surface area contributed by atoms with Gasteiger partial charge in [-0.2, -0.15) is 4.21 Å². The van der Waals surface area contributed by atoms with E-state index in [9.17, 15) is 8.78 Å². The Bertz CT molecular complexity index is 323. The maximum absolute atomic E-state index is 13.3. The van der Waals surface area contributed by atoms with Crippen molar-refractivity contribution in [2.75, 3.05) is 7.05 Å². The summed E-state index contributed by atoms with van der Waals surface area (Å²) in [7, 11) is 1.75. The maximum Gasteiger partial charge on any atom is 0.197 e. The van der Waals surface area contributed by atoms with E-state index >= 15 is 0 Å². The van der Waals surface area contributed by atoms with Crippen LogP contribution < -0.4 is 5.32 Å². The zero-order chi connectivity index (χ0) is 12.6. The normalized spacial score (nSPS) is 11.5. The highest BCUT2D eigenvalue weighted by Crippen LogP contribution is 2.21. The van der Waals surface area contributed by atoms with E-state index in [2.05, 4.69) is 17.9 Å². The third kappa shape index (κ3) is 4.28. The van der Waals surface area contributed by atoms with E-state index in [0.717, 1.165) is 18.9 Å². The number of hydrogen-bond donors (Lipinski definition) is 1. The summed E-state index contributed by atoms with van der Waals surface area (Å²) in [6.07, 6.45) is 1.73. The molecule has 2 nitrogen and oxygen atoms in total. The molecule has 0 amide bonds. The summed E-state index contributed by atoms with van der Waals surface area (Å²) in [6, 6.07) is 3.46. The van der Waals surface area contributed by atoms with Gasteiger partial charge in [0.25, 0.3) is 0 Å². The monoisotopic (exact) mass is 247 g/mol. The van der Waals surface area contributed by atoms with Gasteiger partial charge < -0.3 is 5.32 Å². The first kappa shape index (κ1) is 15.1. The molecule has 0 saturated heterocycles. The van der Waals surface area contributed by atoms with Crippen molar-refractivity contribution >= 4 is 12.5 Å². The Hall–Kier alpha value is -0.940. The van der Waals surface area contributed by atoms with Crippen molar-refractivity contribution in [1.29, 1.82) is 0 Å². The molecule has 0 bridgehead atoms. The summed E-state index contributed by atoms with van der Waals surface area (Å²) in [5.41, 5.74) is 0.411. The molecular formula is C11H15F2NOS. The Kier molecular flexibility index (Phi) is 7.76. The predicted molar refractivity (Wildman–Crippen MR) is 61.2 cm³/mol. The molecule has 1 atom stereocenters. The quantitative estimate of drug-likeness (QED) is 0.887. The fourth-order valence-electron chi connectivity index (χ4n) is 1.53. The molecule has 0 aliphatic rings. The zero-order valence-electron chi connectivity index (χ0n) is 9.30. The Labute approximate surface area is 99.6 Å². The van der Waals surface area contributed by atoms with E-state index in [1.54, 1.807) is 7.05 Å². The van der Waals surface area contributed by atoms with Gasteiger partial charge in [-0.15, -0.1) is 0 Å². The smallest absolute Gasteiger partial charge is 0.197 e. The van der Waals surface area contributed by atoms with Crippen molar-refractivity contribution in [3.8, 4) is 0 Å². The van der Waals surface area contributed by atoms with E-state index in [0.29, 0.717) is 5.56 Å². The highest BCUT2D eigenvalue weighted by molar-refractivity contribution is 7.44. The second kappa shape index (κ2) is 8.24. The lowest BCUT2D eigenvalue weighted by atomic mass is 10.0. The number of halogens is 2. The van der Waals surface area contributed by atoms with Gasteiger partial charge in [0, 0.05) is 11.6 Å². The van der Waals surface area contributed by atoms with Crippen molar-refractivity contribution in [3.63, 3.8) is 0 Å². The standard InChI is InChI=1S/C11H15F2N.OS/c1-3-4-11(14-2)9-7-8(12)5-6-10(9)13;1-2/h5-7,11,14H,3-4H2,1-2H3;/t11-;/m1./s1. The first-order valence-corrected chi connectivity index (χ1v) is 5.31. The third-order valence-corrected chi connectivity index (χ3v) is 2.26. The van der Waals surface area contributed by atoms with E-state index in [1.165, 1.54) is 12.1 Å². The minimum absolute atomic E-state index is 0.101. The second-order valence-electron chi connectivity index (χ2n) is 3.30. The lowest BCUT2D eigenvalue weighted by Gasteiger charge is -2.16. The largest absolute Gasteiger partial charge is 0.313 e. The van der Waals surface area contributed by atoms with Gasteiger partial charge in [0.1, 0.15) is 11.6 Å². The molecule has 1 N–H and O–H groups in total. The van der Waals surface area contributed by atoms with Crippen LogP contribution in [0.2, 0.25) is 0 Å². The molecule has 0 spiro atoms. The fourth-order valence-corrected chi connectivity index (χ4v) is 1.53. The molecule has 1 aromatic carbocycles. The van der Waals surface area contributed by atoms with Crippen LogP contribution in [-0.2, 0) is 12.5 Å². The van der Waals surface area contributed by atoms with Crippen LogP contribution in [0.3, 0.4) is 0 Å². The third-order valence-electron chi connectivity index (χ3n) is 2.26. The number of benzene rings is 1. The minimum Gasteiger partial charge on any atom is -0.313 e. The number of nitrogens with one attached hydrogen (secondary N) is 1. The summed E-state index contributed by atoms with van der Waals surface area (Å²) in [6.45, 7) is 2.02. The van der Waals surface area contributed by atoms with Crippen LogP contribution in [0.1, 0.15) is 31.4 Å². The first-order chi connectivity index (χ1) is 7.69. The molecule has 0 aliphatic heterocycles. The van der Waals surface area contributed by atoms with Gasteiger partial charge >= 0.3 is 0 Å². The molecule has 0 aromatic heterocycles. The highest BCUT2D eigenvalue weighted by atomic mass is 32.1. The van der Waals surface area contributed by atoms with Crippen LogP contribution in [0.15, 0.2) is 18.2 Å². The van der Waals surface area contributed by atoms with E-state index < -0.39 is 5.82 Å². The molecule has 0 heterocycles. The average Bonchev–Trinajstić information content (AvgIpc) is 2.32. The molecular weight excluding hydrogens is 232 g/mol.